The minimum Gasteiger partial charge on any atom is -0.337 e. The van der Waals surface area contributed by atoms with Crippen molar-refractivity contribution in [3.8, 4) is 0 Å². The summed E-state index contributed by atoms with van der Waals surface area (Å²) in [5, 5.41) is 5.99. The van der Waals surface area contributed by atoms with Crippen LogP contribution in [0.15, 0.2) is 30.6 Å². The van der Waals surface area contributed by atoms with Gasteiger partial charge in [-0.05, 0) is 24.6 Å². The van der Waals surface area contributed by atoms with E-state index in [0.717, 1.165) is 31.0 Å². The number of aromatic nitrogens is 2. The van der Waals surface area contributed by atoms with Gasteiger partial charge in [-0.15, -0.1) is 0 Å². The minimum absolute atomic E-state index is 0.0207. The number of piperazine rings is 1. The highest BCUT2D eigenvalue weighted by Gasteiger charge is 2.28. The predicted octanol–water partition coefficient (Wildman–Crippen LogP) is 1.45. The fourth-order valence-corrected chi connectivity index (χ4v) is 2.98. The van der Waals surface area contributed by atoms with E-state index in [1.54, 1.807) is 18.3 Å². The van der Waals surface area contributed by atoms with Gasteiger partial charge in [-0.25, -0.2) is 9.37 Å². The van der Waals surface area contributed by atoms with Crippen molar-refractivity contribution in [3.05, 3.63) is 47.8 Å². The van der Waals surface area contributed by atoms with Gasteiger partial charge >= 0.3 is 0 Å². The van der Waals surface area contributed by atoms with E-state index in [1.165, 1.54) is 6.07 Å². The first-order valence-corrected chi connectivity index (χ1v) is 8.02. The van der Waals surface area contributed by atoms with Crippen LogP contribution in [0.2, 0.25) is 0 Å². The van der Waals surface area contributed by atoms with Crippen LogP contribution in [0.5, 0.6) is 0 Å². The fraction of sp³-hybridized carbons (Fsp3) is 0.412. The molecule has 0 aliphatic carbocycles. The number of amides is 1. The molecule has 2 aromatic rings. The SMILES string of the molecule is Cc1ccc(NC(=O)CN2CCNCC2c2nccn2C)c(F)c1. The Morgan fingerprint density at radius 1 is 1.50 bits per heavy atom. The Morgan fingerprint density at radius 2 is 2.33 bits per heavy atom. The summed E-state index contributed by atoms with van der Waals surface area (Å²) in [4.78, 5) is 18.8. The van der Waals surface area contributed by atoms with Crippen LogP contribution in [0.25, 0.3) is 0 Å². The first-order chi connectivity index (χ1) is 11.5. The molecule has 1 amide bonds. The van der Waals surface area contributed by atoms with E-state index in [-0.39, 0.29) is 24.2 Å². The van der Waals surface area contributed by atoms with Gasteiger partial charge in [-0.1, -0.05) is 6.07 Å². The van der Waals surface area contributed by atoms with E-state index in [9.17, 15) is 9.18 Å². The number of imidazole rings is 1. The lowest BCUT2D eigenvalue weighted by Crippen LogP contribution is -2.49. The topological polar surface area (TPSA) is 62.2 Å². The second-order valence-corrected chi connectivity index (χ2v) is 6.12. The molecule has 0 spiro atoms. The molecule has 6 nitrogen and oxygen atoms in total. The molecule has 1 atom stereocenters. The predicted molar refractivity (Wildman–Crippen MR) is 90.2 cm³/mol. The second kappa shape index (κ2) is 7.11. The third-order valence-electron chi connectivity index (χ3n) is 4.26. The zero-order valence-electron chi connectivity index (χ0n) is 13.9. The quantitative estimate of drug-likeness (QED) is 0.890. The maximum absolute atomic E-state index is 13.9. The minimum atomic E-state index is -0.413. The van der Waals surface area contributed by atoms with Crippen molar-refractivity contribution in [2.75, 3.05) is 31.5 Å². The van der Waals surface area contributed by atoms with Crippen LogP contribution in [0.1, 0.15) is 17.4 Å². The molecule has 24 heavy (non-hydrogen) atoms. The molecule has 1 aromatic carbocycles. The molecule has 3 rings (SSSR count). The summed E-state index contributed by atoms with van der Waals surface area (Å²) in [6, 6.07) is 4.81. The number of nitrogens with one attached hydrogen (secondary N) is 2. The van der Waals surface area contributed by atoms with E-state index in [2.05, 4.69) is 20.5 Å². The Labute approximate surface area is 140 Å². The van der Waals surface area contributed by atoms with Crippen LogP contribution in [-0.2, 0) is 11.8 Å². The Balaban J connectivity index is 1.69. The lowest BCUT2D eigenvalue weighted by Gasteiger charge is -2.35. The van der Waals surface area contributed by atoms with E-state index >= 15 is 0 Å². The average Bonchev–Trinajstić information content (AvgIpc) is 2.97. The van der Waals surface area contributed by atoms with Crippen LogP contribution >= 0.6 is 0 Å². The Morgan fingerprint density at radius 3 is 3.04 bits per heavy atom. The van der Waals surface area contributed by atoms with Crippen LogP contribution in [-0.4, -0.2) is 46.5 Å². The summed E-state index contributed by atoms with van der Waals surface area (Å²) >= 11 is 0. The number of aryl methyl sites for hydroxylation is 2. The molecule has 1 saturated heterocycles. The van der Waals surface area contributed by atoms with Gasteiger partial charge in [-0.2, -0.15) is 0 Å². The second-order valence-electron chi connectivity index (χ2n) is 6.12. The molecular weight excluding hydrogens is 309 g/mol. The highest BCUT2D eigenvalue weighted by molar-refractivity contribution is 5.92. The van der Waals surface area contributed by atoms with Crippen LogP contribution < -0.4 is 10.6 Å². The zero-order chi connectivity index (χ0) is 17.1. The summed E-state index contributed by atoms with van der Waals surface area (Å²) in [5.41, 5.74) is 1.04. The third-order valence-corrected chi connectivity index (χ3v) is 4.26. The van der Waals surface area contributed by atoms with Gasteiger partial charge in [0.1, 0.15) is 11.6 Å². The van der Waals surface area contributed by atoms with Crippen molar-refractivity contribution in [1.29, 1.82) is 0 Å². The van der Waals surface area contributed by atoms with Gasteiger partial charge in [0, 0.05) is 39.1 Å². The van der Waals surface area contributed by atoms with Gasteiger partial charge in [0.05, 0.1) is 18.3 Å². The lowest BCUT2D eigenvalue weighted by molar-refractivity contribution is -0.118. The third kappa shape index (κ3) is 3.63. The van der Waals surface area contributed by atoms with E-state index in [4.69, 9.17) is 0 Å². The molecule has 0 bridgehead atoms. The molecule has 0 saturated carbocycles. The highest BCUT2D eigenvalue weighted by atomic mass is 19.1. The molecule has 1 aliphatic heterocycles. The maximum atomic E-state index is 13.9. The number of nitrogens with zero attached hydrogens (tertiary/aromatic N) is 3. The fourth-order valence-electron chi connectivity index (χ4n) is 2.98. The number of anilines is 1. The normalized spacial score (nSPS) is 18.5. The van der Waals surface area contributed by atoms with Crippen LogP contribution in [0, 0.1) is 12.7 Å². The summed E-state index contributed by atoms with van der Waals surface area (Å²) in [6.07, 6.45) is 3.65. The highest BCUT2D eigenvalue weighted by Crippen LogP contribution is 2.21. The molecular formula is C17H22FN5O. The molecule has 2 heterocycles. The molecule has 1 unspecified atom stereocenters. The lowest BCUT2D eigenvalue weighted by atomic mass is 10.1. The average molecular weight is 331 g/mol. The number of carbonyl (C=O) groups excluding carboxylic acids is 1. The molecule has 0 radical (unpaired) electrons. The van der Waals surface area contributed by atoms with Crippen molar-refractivity contribution in [2.45, 2.75) is 13.0 Å². The molecule has 2 N–H and O–H groups in total. The maximum Gasteiger partial charge on any atom is 0.238 e. The zero-order valence-corrected chi connectivity index (χ0v) is 13.9. The largest absolute Gasteiger partial charge is 0.337 e. The smallest absolute Gasteiger partial charge is 0.238 e. The number of hydrogen-bond acceptors (Lipinski definition) is 4. The standard InChI is InChI=1S/C17H22FN5O/c1-12-3-4-14(13(18)9-12)21-16(24)11-23-8-5-19-10-15(23)17-20-6-7-22(17)2/h3-4,6-7,9,15,19H,5,8,10-11H2,1-2H3,(H,21,24). The summed E-state index contributed by atoms with van der Waals surface area (Å²) < 4.78 is 15.9. The van der Waals surface area contributed by atoms with Crippen molar-refractivity contribution in [1.82, 2.24) is 19.8 Å². The van der Waals surface area contributed by atoms with Crippen molar-refractivity contribution >= 4 is 11.6 Å². The number of carbonyl (C=O) groups is 1. The first kappa shape index (κ1) is 16.6. The Hall–Kier alpha value is -2.25. The monoisotopic (exact) mass is 331 g/mol. The first-order valence-electron chi connectivity index (χ1n) is 8.02. The summed E-state index contributed by atoms with van der Waals surface area (Å²) in [6.45, 7) is 4.30. The molecule has 1 aliphatic rings. The van der Waals surface area contributed by atoms with E-state index in [1.807, 2.05) is 24.7 Å². The summed E-state index contributed by atoms with van der Waals surface area (Å²) in [7, 11) is 1.94. The van der Waals surface area contributed by atoms with Crippen molar-refractivity contribution in [3.63, 3.8) is 0 Å². The number of benzene rings is 1. The molecule has 128 valence electrons. The number of hydrogen-bond donors (Lipinski definition) is 2. The van der Waals surface area contributed by atoms with E-state index < -0.39 is 5.82 Å². The Bertz CT molecular complexity index is 730. The van der Waals surface area contributed by atoms with Crippen molar-refractivity contribution in [2.24, 2.45) is 7.05 Å². The number of rotatable bonds is 4. The number of halogens is 1. The van der Waals surface area contributed by atoms with Gasteiger partial charge in [0.15, 0.2) is 0 Å². The molecule has 7 heteroatoms. The molecule has 1 fully saturated rings. The van der Waals surface area contributed by atoms with Crippen LogP contribution in [0.3, 0.4) is 0 Å². The Kier molecular flexibility index (Phi) is 4.92. The van der Waals surface area contributed by atoms with E-state index in [0.29, 0.717) is 0 Å². The van der Waals surface area contributed by atoms with Gasteiger partial charge in [0.2, 0.25) is 5.91 Å². The van der Waals surface area contributed by atoms with Gasteiger partial charge in [0.25, 0.3) is 0 Å². The van der Waals surface area contributed by atoms with Gasteiger partial charge < -0.3 is 15.2 Å². The molecule has 1 aromatic heterocycles. The summed E-state index contributed by atoms with van der Waals surface area (Å²) in [5.74, 6) is 0.277. The van der Waals surface area contributed by atoms with Crippen LogP contribution in [0.4, 0.5) is 10.1 Å². The van der Waals surface area contributed by atoms with Crippen molar-refractivity contribution < 1.29 is 9.18 Å². The van der Waals surface area contributed by atoms with Gasteiger partial charge in [-0.3, -0.25) is 9.69 Å².